The lowest BCUT2D eigenvalue weighted by atomic mass is 10.4. The van der Waals surface area contributed by atoms with Gasteiger partial charge in [-0.05, 0) is 6.92 Å². The van der Waals surface area contributed by atoms with Crippen molar-refractivity contribution >= 4 is 34.7 Å². The Morgan fingerprint density at radius 1 is 1.83 bits per heavy atom. The van der Waals surface area contributed by atoms with Gasteiger partial charge in [-0.2, -0.15) is 11.8 Å². The van der Waals surface area contributed by atoms with Crippen LogP contribution in [0.5, 0.6) is 0 Å². The van der Waals surface area contributed by atoms with Crippen LogP contribution in [-0.4, -0.2) is 16.8 Å². The predicted octanol–water partition coefficient (Wildman–Crippen LogP) is 2.38. The van der Waals surface area contributed by atoms with Crippen LogP contribution >= 0.6 is 34.7 Å². The van der Waals surface area contributed by atoms with Crippen LogP contribution < -0.4 is 5.73 Å². The Hall–Kier alpha value is 0.230. The molecule has 0 saturated heterocycles. The zero-order chi connectivity index (χ0) is 8.97. The van der Waals surface area contributed by atoms with Crippen molar-refractivity contribution in [3.05, 3.63) is 15.5 Å². The molecule has 12 heavy (non-hydrogen) atoms. The molecule has 2 N–H and O–H groups in total. The Morgan fingerprint density at radius 3 is 3.08 bits per heavy atom. The number of aromatic nitrogens is 1. The van der Waals surface area contributed by atoms with Gasteiger partial charge in [0.05, 0.1) is 0 Å². The van der Waals surface area contributed by atoms with Crippen molar-refractivity contribution in [1.82, 2.24) is 4.98 Å². The van der Waals surface area contributed by atoms with Gasteiger partial charge in [-0.15, -0.1) is 11.3 Å². The molecule has 68 valence electrons. The number of thiazole rings is 1. The fraction of sp³-hybridized carbons (Fsp3) is 0.571. The van der Waals surface area contributed by atoms with Gasteiger partial charge in [0.15, 0.2) is 4.47 Å². The fourth-order valence-electron chi connectivity index (χ4n) is 0.696. The summed E-state index contributed by atoms with van der Waals surface area (Å²) in [6.45, 7) is 2.01. The average Bonchev–Trinajstić information content (AvgIpc) is 2.35. The highest BCUT2D eigenvalue weighted by Crippen LogP contribution is 2.22. The van der Waals surface area contributed by atoms with Gasteiger partial charge in [0.25, 0.3) is 0 Å². The van der Waals surface area contributed by atoms with Crippen LogP contribution in [0.1, 0.15) is 11.8 Å². The molecule has 1 aromatic heterocycles. The highest BCUT2D eigenvalue weighted by molar-refractivity contribution is 7.98. The van der Waals surface area contributed by atoms with Crippen molar-refractivity contribution < 1.29 is 0 Å². The molecule has 1 atom stereocenters. The Kier molecular flexibility index (Phi) is 4.35. The molecule has 0 amide bonds. The maximum absolute atomic E-state index is 5.68. The monoisotopic (exact) mass is 222 g/mol. The van der Waals surface area contributed by atoms with Crippen LogP contribution in [0.15, 0.2) is 6.20 Å². The first-order valence-corrected chi connectivity index (χ1v) is 5.97. The maximum Gasteiger partial charge on any atom is 0.183 e. The van der Waals surface area contributed by atoms with Crippen molar-refractivity contribution in [2.75, 3.05) is 5.75 Å². The van der Waals surface area contributed by atoms with Gasteiger partial charge >= 0.3 is 0 Å². The minimum atomic E-state index is 0.262. The quantitative estimate of drug-likeness (QED) is 0.850. The minimum Gasteiger partial charge on any atom is -0.327 e. The Morgan fingerprint density at radius 2 is 2.58 bits per heavy atom. The van der Waals surface area contributed by atoms with E-state index in [-0.39, 0.29) is 6.04 Å². The zero-order valence-corrected chi connectivity index (χ0v) is 9.18. The number of hydrogen-bond acceptors (Lipinski definition) is 4. The molecule has 1 heterocycles. The van der Waals surface area contributed by atoms with Crippen LogP contribution in [0.25, 0.3) is 0 Å². The van der Waals surface area contributed by atoms with E-state index in [1.54, 1.807) is 0 Å². The summed E-state index contributed by atoms with van der Waals surface area (Å²) in [6.07, 6.45) is 1.82. The second-order valence-corrected chi connectivity index (χ2v) is 5.30. The SMILES string of the molecule is CC(N)CSCc1cnc(Cl)s1. The molecule has 0 fully saturated rings. The van der Waals surface area contributed by atoms with Gasteiger partial charge in [0, 0.05) is 28.6 Å². The molecule has 0 saturated carbocycles. The summed E-state index contributed by atoms with van der Waals surface area (Å²) in [5, 5.41) is 0. The lowest BCUT2D eigenvalue weighted by Crippen LogP contribution is -2.17. The number of halogens is 1. The number of nitrogens with zero attached hydrogens (tertiary/aromatic N) is 1. The third-order valence-electron chi connectivity index (χ3n) is 1.15. The van der Waals surface area contributed by atoms with E-state index in [0.717, 1.165) is 11.5 Å². The van der Waals surface area contributed by atoms with Gasteiger partial charge < -0.3 is 5.73 Å². The van der Waals surface area contributed by atoms with E-state index >= 15 is 0 Å². The van der Waals surface area contributed by atoms with Crippen LogP contribution in [-0.2, 0) is 5.75 Å². The normalized spacial score (nSPS) is 13.2. The largest absolute Gasteiger partial charge is 0.327 e. The third kappa shape index (κ3) is 3.76. The molecule has 1 rings (SSSR count). The van der Waals surface area contributed by atoms with E-state index < -0.39 is 0 Å². The minimum absolute atomic E-state index is 0.262. The molecule has 1 unspecified atom stereocenters. The average molecular weight is 223 g/mol. The summed E-state index contributed by atoms with van der Waals surface area (Å²) in [6, 6.07) is 0.262. The van der Waals surface area contributed by atoms with Crippen molar-refractivity contribution in [2.24, 2.45) is 5.73 Å². The molecule has 0 radical (unpaired) electrons. The molecule has 5 heteroatoms. The molecule has 0 aliphatic heterocycles. The number of hydrogen-bond donors (Lipinski definition) is 1. The summed E-state index contributed by atoms with van der Waals surface area (Å²) in [5.41, 5.74) is 5.60. The van der Waals surface area contributed by atoms with Crippen LogP contribution in [0, 0.1) is 0 Å². The first-order valence-electron chi connectivity index (χ1n) is 3.62. The summed E-state index contributed by atoms with van der Waals surface area (Å²) in [5.74, 6) is 1.95. The molecular formula is C7H11ClN2S2. The standard InChI is InChI=1S/C7H11ClN2S2/c1-5(9)3-11-4-6-2-10-7(8)12-6/h2,5H,3-4,9H2,1H3. The molecule has 0 aromatic carbocycles. The van der Waals surface area contributed by atoms with E-state index in [9.17, 15) is 0 Å². The molecule has 0 spiro atoms. The van der Waals surface area contributed by atoms with Crippen molar-refractivity contribution in [3.63, 3.8) is 0 Å². The van der Waals surface area contributed by atoms with Gasteiger partial charge in [-0.25, -0.2) is 4.98 Å². The lowest BCUT2D eigenvalue weighted by molar-refractivity contribution is 0.847. The van der Waals surface area contributed by atoms with E-state index in [1.165, 1.54) is 16.2 Å². The van der Waals surface area contributed by atoms with Gasteiger partial charge in [-0.3, -0.25) is 0 Å². The van der Waals surface area contributed by atoms with Gasteiger partial charge in [0.2, 0.25) is 0 Å². The molecular weight excluding hydrogens is 212 g/mol. The van der Waals surface area contributed by atoms with Crippen molar-refractivity contribution in [3.8, 4) is 0 Å². The predicted molar refractivity (Wildman–Crippen MR) is 56.9 cm³/mol. The Labute approximate surface area is 85.5 Å². The first-order chi connectivity index (χ1) is 5.68. The van der Waals surface area contributed by atoms with E-state index in [0.29, 0.717) is 4.47 Å². The Balaban J connectivity index is 2.24. The van der Waals surface area contributed by atoms with E-state index in [4.69, 9.17) is 17.3 Å². The summed E-state index contributed by atoms with van der Waals surface area (Å²) in [4.78, 5) is 5.17. The number of nitrogens with two attached hydrogens (primary N) is 1. The Bertz CT molecular complexity index is 237. The molecule has 0 aliphatic carbocycles. The summed E-state index contributed by atoms with van der Waals surface area (Å²) in [7, 11) is 0. The lowest BCUT2D eigenvalue weighted by Gasteiger charge is -2.01. The van der Waals surface area contributed by atoms with E-state index in [1.807, 2.05) is 24.9 Å². The van der Waals surface area contributed by atoms with Crippen LogP contribution in [0.3, 0.4) is 0 Å². The molecule has 0 bridgehead atoms. The van der Waals surface area contributed by atoms with E-state index in [2.05, 4.69) is 4.98 Å². The summed E-state index contributed by atoms with van der Waals surface area (Å²) >= 11 is 9.02. The highest BCUT2D eigenvalue weighted by Gasteiger charge is 2.00. The highest BCUT2D eigenvalue weighted by atomic mass is 35.5. The molecule has 2 nitrogen and oxygen atoms in total. The molecule has 1 aromatic rings. The fourth-order valence-corrected chi connectivity index (χ4v) is 2.72. The summed E-state index contributed by atoms with van der Waals surface area (Å²) < 4.78 is 0.617. The van der Waals surface area contributed by atoms with Crippen molar-refractivity contribution in [1.29, 1.82) is 0 Å². The second-order valence-electron chi connectivity index (χ2n) is 2.57. The third-order valence-corrected chi connectivity index (χ3v) is 3.72. The molecule has 0 aliphatic rings. The van der Waals surface area contributed by atoms with Crippen molar-refractivity contribution in [2.45, 2.75) is 18.7 Å². The topological polar surface area (TPSA) is 38.9 Å². The van der Waals surface area contributed by atoms with Crippen LogP contribution in [0.4, 0.5) is 0 Å². The first kappa shape index (κ1) is 10.3. The van der Waals surface area contributed by atoms with Crippen LogP contribution in [0.2, 0.25) is 4.47 Å². The van der Waals surface area contributed by atoms with Gasteiger partial charge in [-0.1, -0.05) is 11.6 Å². The second kappa shape index (κ2) is 5.07. The number of rotatable bonds is 4. The smallest absolute Gasteiger partial charge is 0.183 e. The zero-order valence-electron chi connectivity index (χ0n) is 6.79. The maximum atomic E-state index is 5.68. The van der Waals surface area contributed by atoms with Gasteiger partial charge in [0.1, 0.15) is 0 Å². The number of thioether (sulfide) groups is 1.